The molecule has 0 unspecified atom stereocenters. The first-order valence-electron chi connectivity index (χ1n) is 6.36. The summed E-state index contributed by atoms with van der Waals surface area (Å²) in [6, 6.07) is 16.1. The number of benzene rings is 2. The number of hydrogen-bond acceptors (Lipinski definition) is 1. The number of aryl methyl sites for hydroxylation is 2. The van der Waals surface area contributed by atoms with Crippen LogP contribution in [0.3, 0.4) is 0 Å². The topological polar surface area (TPSA) is 17.1 Å². The molecule has 92 valence electrons. The maximum atomic E-state index is 12.1. The van der Waals surface area contributed by atoms with Crippen molar-refractivity contribution in [2.75, 3.05) is 0 Å². The first kappa shape index (κ1) is 12.6. The fraction of sp³-hybridized carbons (Fsp3) is 0.235. The zero-order chi connectivity index (χ0) is 13.0. The Bertz CT molecular complexity index is 538. The van der Waals surface area contributed by atoms with Gasteiger partial charge in [0.05, 0.1) is 0 Å². The van der Waals surface area contributed by atoms with E-state index in [9.17, 15) is 4.79 Å². The van der Waals surface area contributed by atoms with Crippen molar-refractivity contribution >= 4 is 5.78 Å². The lowest BCUT2D eigenvalue weighted by atomic mass is 10.0. The standard InChI is InChI=1S/C17H18O/c1-3-14-7-9-15(10-8-14)12-17(18)16-6-4-5-13(2)11-16/h4-11H,3,12H2,1-2H3. The fourth-order valence-electron chi connectivity index (χ4n) is 2.00. The van der Waals surface area contributed by atoms with E-state index in [1.165, 1.54) is 5.56 Å². The third-order valence-corrected chi connectivity index (χ3v) is 3.14. The number of Topliss-reactive ketones (excluding diaryl/α,β-unsaturated/α-hetero) is 1. The Morgan fingerprint density at radius 2 is 1.67 bits per heavy atom. The molecular formula is C17H18O. The molecule has 2 aromatic carbocycles. The van der Waals surface area contributed by atoms with Gasteiger partial charge in [-0.3, -0.25) is 4.79 Å². The molecule has 0 aliphatic rings. The van der Waals surface area contributed by atoms with Crippen LogP contribution in [0, 0.1) is 6.92 Å². The molecule has 0 aliphatic heterocycles. The Morgan fingerprint density at radius 3 is 2.28 bits per heavy atom. The van der Waals surface area contributed by atoms with Crippen LogP contribution in [0.2, 0.25) is 0 Å². The predicted octanol–water partition coefficient (Wildman–Crippen LogP) is 3.98. The quantitative estimate of drug-likeness (QED) is 0.736. The van der Waals surface area contributed by atoms with Crippen molar-refractivity contribution in [3.63, 3.8) is 0 Å². The molecule has 1 nitrogen and oxygen atoms in total. The maximum absolute atomic E-state index is 12.1. The summed E-state index contributed by atoms with van der Waals surface area (Å²) in [6.07, 6.45) is 1.51. The van der Waals surface area contributed by atoms with E-state index in [0.717, 1.165) is 23.1 Å². The fourth-order valence-corrected chi connectivity index (χ4v) is 2.00. The van der Waals surface area contributed by atoms with Crippen molar-refractivity contribution in [1.82, 2.24) is 0 Å². The average Bonchev–Trinajstić information content (AvgIpc) is 2.39. The van der Waals surface area contributed by atoms with Crippen LogP contribution in [-0.2, 0) is 12.8 Å². The van der Waals surface area contributed by atoms with Gasteiger partial charge in [0, 0.05) is 12.0 Å². The Hall–Kier alpha value is -1.89. The summed E-state index contributed by atoms with van der Waals surface area (Å²) >= 11 is 0. The van der Waals surface area contributed by atoms with Gasteiger partial charge >= 0.3 is 0 Å². The third kappa shape index (κ3) is 3.07. The van der Waals surface area contributed by atoms with Crippen LogP contribution in [-0.4, -0.2) is 5.78 Å². The SMILES string of the molecule is CCc1ccc(CC(=O)c2cccc(C)c2)cc1. The van der Waals surface area contributed by atoms with E-state index in [1.807, 2.05) is 43.3 Å². The second-order valence-electron chi connectivity index (χ2n) is 4.64. The van der Waals surface area contributed by atoms with Gasteiger partial charge in [-0.1, -0.05) is 55.0 Å². The van der Waals surface area contributed by atoms with E-state index in [1.54, 1.807) is 0 Å². The van der Waals surface area contributed by atoms with Crippen LogP contribution in [0.1, 0.15) is 34.0 Å². The largest absolute Gasteiger partial charge is 0.294 e. The van der Waals surface area contributed by atoms with E-state index in [4.69, 9.17) is 0 Å². The lowest BCUT2D eigenvalue weighted by Gasteiger charge is -2.04. The predicted molar refractivity (Wildman–Crippen MR) is 75.0 cm³/mol. The highest BCUT2D eigenvalue weighted by molar-refractivity contribution is 5.97. The highest BCUT2D eigenvalue weighted by Gasteiger charge is 2.06. The number of hydrogen-bond donors (Lipinski definition) is 0. The molecule has 0 N–H and O–H groups in total. The normalized spacial score (nSPS) is 10.3. The van der Waals surface area contributed by atoms with Crippen LogP contribution in [0.25, 0.3) is 0 Å². The second kappa shape index (κ2) is 5.63. The Labute approximate surface area is 108 Å². The Kier molecular flexibility index (Phi) is 3.93. The molecule has 0 saturated heterocycles. The van der Waals surface area contributed by atoms with E-state index >= 15 is 0 Å². The van der Waals surface area contributed by atoms with Crippen molar-refractivity contribution in [3.05, 3.63) is 70.8 Å². The van der Waals surface area contributed by atoms with Gasteiger partial charge in [-0.15, -0.1) is 0 Å². The summed E-state index contributed by atoms with van der Waals surface area (Å²) in [6.45, 7) is 4.14. The number of ketones is 1. The summed E-state index contributed by atoms with van der Waals surface area (Å²) in [5.41, 5.74) is 4.32. The van der Waals surface area contributed by atoms with Gasteiger partial charge in [-0.05, 0) is 30.5 Å². The smallest absolute Gasteiger partial charge is 0.167 e. The van der Waals surface area contributed by atoms with Crippen molar-refractivity contribution in [2.24, 2.45) is 0 Å². The zero-order valence-corrected chi connectivity index (χ0v) is 10.9. The summed E-state index contributed by atoms with van der Waals surface area (Å²) in [4.78, 5) is 12.1. The molecule has 0 bridgehead atoms. The third-order valence-electron chi connectivity index (χ3n) is 3.14. The zero-order valence-electron chi connectivity index (χ0n) is 10.9. The highest BCUT2D eigenvalue weighted by atomic mass is 16.1. The van der Waals surface area contributed by atoms with Gasteiger partial charge in [0.2, 0.25) is 0 Å². The summed E-state index contributed by atoms with van der Waals surface area (Å²) < 4.78 is 0. The van der Waals surface area contributed by atoms with Crippen LogP contribution < -0.4 is 0 Å². The van der Waals surface area contributed by atoms with E-state index in [2.05, 4.69) is 19.1 Å². The molecule has 1 heteroatoms. The minimum absolute atomic E-state index is 0.183. The van der Waals surface area contributed by atoms with Gasteiger partial charge in [0.1, 0.15) is 0 Å². The van der Waals surface area contributed by atoms with Gasteiger partial charge in [-0.2, -0.15) is 0 Å². The van der Waals surface area contributed by atoms with Crippen molar-refractivity contribution in [1.29, 1.82) is 0 Å². The van der Waals surface area contributed by atoms with E-state index in [0.29, 0.717) is 6.42 Å². The maximum Gasteiger partial charge on any atom is 0.167 e. The highest BCUT2D eigenvalue weighted by Crippen LogP contribution is 2.11. The lowest BCUT2D eigenvalue weighted by molar-refractivity contribution is 0.0993. The second-order valence-corrected chi connectivity index (χ2v) is 4.64. The number of carbonyl (C=O) groups is 1. The molecule has 0 radical (unpaired) electrons. The molecule has 0 aromatic heterocycles. The molecule has 2 rings (SSSR count). The van der Waals surface area contributed by atoms with Crippen molar-refractivity contribution in [3.8, 4) is 0 Å². The van der Waals surface area contributed by atoms with Gasteiger partial charge in [0.15, 0.2) is 5.78 Å². The first-order valence-corrected chi connectivity index (χ1v) is 6.36. The molecule has 2 aromatic rings. The monoisotopic (exact) mass is 238 g/mol. The van der Waals surface area contributed by atoms with Crippen molar-refractivity contribution < 1.29 is 4.79 Å². The molecule has 0 fully saturated rings. The summed E-state index contributed by atoms with van der Waals surface area (Å²) in [5.74, 6) is 0.183. The van der Waals surface area contributed by atoms with Crippen LogP contribution >= 0.6 is 0 Å². The van der Waals surface area contributed by atoms with Gasteiger partial charge in [-0.25, -0.2) is 0 Å². The summed E-state index contributed by atoms with van der Waals surface area (Å²) in [7, 11) is 0. The molecular weight excluding hydrogens is 220 g/mol. The molecule has 0 atom stereocenters. The Balaban J connectivity index is 2.11. The van der Waals surface area contributed by atoms with Crippen LogP contribution in [0.4, 0.5) is 0 Å². The van der Waals surface area contributed by atoms with Crippen LogP contribution in [0.5, 0.6) is 0 Å². The van der Waals surface area contributed by atoms with E-state index < -0.39 is 0 Å². The molecule has 0 heterocycles. The molecule has 18 heavy (non-hydrogen) atoms. The minimum Gasteiger partial charge on any atom is -0.294 e. The number of rotatable bonds is 4. The molecule has 0 aliphatic carbocycles. The minimum atomic E-state index is 0.183. The van der Waals surface area contributed by atoms with Gasteiger partial charge in [0.25, 0.3) is 0 Å². The molecule has 0 spiro atoms. The number of carbonyl (C=O) groups excluding carboxylic acids is 1. The molecule has 0 saturated carbocycles. The lowest BCUT2D eigenvalue weighted by Crippen LogP contribution is -2.03. The average molecular weight is 238 g/mol. The van der Waals surface area contributed by atoms with Crippen molar-refractivity contribution in [2.45, 2.75) is 26.7 Å². The molecule has 0 amide bonds. The Morgan fingerprint density at radius 1 is 1.00 bits per heavy atom. The summed E-state index contributed by atoms with van der Waals surface area (Å²) in [5, 5.41) is 0. The van der Waals surface area contributed by atoms with Crippen LogP contribution in [0.15, 0.2) is 48.5 Å². The van der Waals surface area contributed by atoms with Gasteiger partial charge < -0.3 is 0 Å². The van der Waals surface area contributed by atoms with E-state index in [-0.39, 0.29) is 5.78 Å². The first-order chi connectivity index (χ1) is 8.69.